The van der Waals surface area contributed by atoms with Crippen LogP contribution in [0.4, 0.5) is 4.79 Å². The van der Waals surface area contributed by atoms with Gasteiger partial charge in [-0.2, -0.15) is 5.26 Å². The van der Waals surface area contributed by atoms with E-state index in [0.29, 0.717) is 11.3 Å². The second kappa shape index (κ2) is 5.01. The van der Waals surface area contributed by atoms with Gasteiger partial charge in [0.25, 0.3) is 0 Å². The third kappa shape index (κ3) is 3.69. The van der Waals surface area contributed by atoms with Gasteiger partial charge in [-0.15, -0.1) is 0 Å². The van der Waals surface area contributed by atoms with Gasteiger partial charge in [-0.3, -0.25) is 0 Å². The Morgan fingerprint density at radius 1 is 1.40 bits per heavy atom. The van der Waals surface area contributed by atoms with Gasteiger partial charge in [0.2, 0.25) is 0 Å². The minimum atomic E-state index is -0.491. The van der Waals surface area contributed by atoms with E-state index in [-0.39, 0.29) is 6.04 Å². The van der Waals surface area contributed by atoms with E-state index in [0.717, 1.165) is 0 Å². The number of nitrogens with one attached hydrogen (secondary N) is 1. The molecule has 1 N–H and O–H groups in total. The average Bonchev–Trinajstić information content (AvgIpc) is 2.17. The SMILES string of the molecule is CC(C)NC(=O)Oc1ccc(C#N)cc1. The zero-order valence-corrected chi connectivity index (χ0v) is 8.65. The van der Waals surface area contributed by atoms with E-state index < -0.39 is 6.09 Å². The summed E-state index contributed by atoms with van der Waals surface area (Å²) in [4.78, 5) is 11.2. The molecule has 1 amide bonds. The van der Waals surface area contributed by atoms with Crippen molar-refractivity contribution in [1.29, 1.82) is 5.26 Å². The first-order valence-electron chi connectivity index (χ1n) is 4.60. The molecule has 0 unspecified atom stereocenters. The van der Waals surface area contributed by atoms with Crippen LogP contribution in [0, 0.1) is 11.3 Å². The van der Waals surface area contributed by atoms with Gasteiger partial charge in [-0.05, 0) is 38.1 Å². The molecule has 0 radical (unpaired) electrons. The summed E-state index contributed by atoms with van der Waals surface area (Å²) >= 11 is 0. The maximum atomic E-state index is 11.2. The molecule has 0 atom stereocenters. The lowest BCUT2D eigenvalue weighted by Crippen LogP contribution is -2.32. The normalized spacial score (nSPS) is 9.47. The van der Waals surface area contributed by atoms with Crippen molar-refractivity contribution in [1.82, 2.24) is 5.32 Å². The molecule has 0 aliphatic carbocycles. The third-order valence-electron chi connectivity index (χ3n) is 1.60. The quantitative estimate of drug-likeness (QED) is 0.801. The Kier molecular flexibility index (Phi) is 3.69. The van der Waals surface area contributed by atoms with Crippen LogP contribution < -0.4 is 10.1 Å². The third-order valence-corrected chi connectivity index (χ3v) is 1.60. The highest BCUT2D eigenvalue weighted by Gasteiger charge is 2.05. The highest BCUT2D eigenvalue weighted by Crippen LogP contribution is 2.11. The number of ether oxygens (including phenoxy) is 1. The van der Waals surface area contributed by atoms with Crippen molar-refractivity contribution >= 4 is 6.09 Å². The highest BCUT2D eigenvalue weighted by molar-refractivity contribution is 5.70. The molecule has 0 fully saturated rings. The molecule has 0 aromatic heterocycles. The number of nitriles is 1. The lowest BCUT2D eigenvalue weighted by Gasteiger charge is -2.08. The number of carbonyl (C=O) groups is 1. The highest BCUT2D eigenvalue weighted by atomic mass is 16.6. The maximum absolute atomic E-state index is 11.2. The zero-order chi connectivity index (χ0) is 11.3. The largest absolute Gasteiger partial charge is 0.412 e. The molecule has 0 saturated carbocycles. The standard InChI is InChI=1S/C11H12N2O2/c1-8(2)13-11(14)15-10-5-3-9(7-12)4-6-10/h3-6,8H,1-2H3,(H,13,14). The monoisotopic (exact) mass is 204 g/mol. The van der Waals surface area contributed by atoms with Crippen molar-refractivity contribution < 1.29 is 9.53 Å². The fraction of sp³-hybridized carbons (Fsp3) is 0.273. The van der Waals surface area contributed by atoms with Crippen LogP contribution >= 0.6 is 0 Å². The number of rotatable bonds is 2. The Bertz CT molecular complexity index is 377. The van der Waals surface area contributed by atoms with Gasteiger partial charge in [0.1, 0.15) is 5.75 Å². The molecule has 0 aliphatic rings. The van der Waals surface area contributed by atoms with Crippen LogP contribution in [-0.4, -0.2) is 12.1 Å². The molecule has 0 aliphatic heterocycles. The molecule has 0 bridgehead atoms. The average molecular weight is 204 g/mol. The van der Waals surface area contributed by atoms with Gasteiger partial charge in [0.05, 0.1) is 11.6 Å². The second-order valence-corrected chi connectivity index (χ2v) is 3.32. The van der Waals surface area contributed by atoms with Crippen LogP contribution in [0.25, 0.3) is 0 Å². The summed E-state index contributed by atoms with van der Waals surface area (Å²) < 4.78 is 4.97. The number of hydrogen-bond donors (Lipinski definition) is 1. The number of amides is 1. The topological polar surface area (TPSA) is 62.1 Å². The van der Waals surface area contributed by atoms with Gasteiger partial charge >= 0.3 is 6.09 Å². The summed E-state index contributed by atoms with van der Waals surface area (Å²) in [6.07, 6.45) is -0.491. The fourth-order valence-corrected chi connectivity index (χ4v) is 0.970. The Morgan fingerprint density at radius 2 is 2.00 bits per heavy atom. The number of carbonyl (C=O) groups excluding carboxylic acids is 1. The predicted octanol–water partition coefficient (Wildman–Crippen LogP) is 2.06. The first-order valence-corrected chi connectivity index (χ1v) is 4.60. The van der Waals surface area contributed by atoms with E-state index in [1.807, 2.05) is 19.9 Å². The molecule has 1 aromatic carbocycles. The molecule has 4 nitrogen and oxygen atoms in total. The lowest BCUT2D eigenvalue weighted by atomic mass is 10.2. The summed E-state index contributed by atoms with van der Waals surface area (Å²) in [5.41, 5.74) is 0.534. The first kappa shape index (κ1) is 11.1. The van der Waals surface area contributed by atoms with Gasteiger partial charge in [-0.25, -0.2) is 4.79 Å². The molecule has 78 valence electrons. The Morgan fingerprint density at radius 3 is 2.47 bits per heavy atom. The maximum Gasteiger partial charge on any atom is 0.412 e. The Labute approximate surface area is 88.5 Å². The predicted molar refractivity (Wildman–Crippen MR) is 55.5 cm³/mol. The summed E-state index contributed by atoms with van der Waals surface area (Å²) in [5, 5.41) is 11.2. The lowest BCUT2D eigenvalue weighted by molar-refractivity contribution is 0.198. The fourth-order valence-electron chi connectivity index (χ4n) is 0.970. The van der Waals surface area contributed by atoms with E-state index in [9.17, 15) is 4.79 Å². The van der Waals surface area contributed by atoms with Crippen LogP contribution in [0.2, 0.25) is 0 Å². The van der Waals surface area contributed by atoms with E-state index in [1.54, 1.807) is 24.3 Å². The van der Waals surface area contributed by atoms with Crippen molar-refractivity contribution in [2.24, 2.45) is 0 Å². The van der Waals surface area contributed by atoms with Gasteiger partial charge in [0.15, 0.2) is 0 Å². The van der Waals surface area contributed by atoms with Crippen LogP contribution in [0.5, 0.6) is 5.75 Å². The van der Waals surface area contributed by atoms with Crippen LogP contribution in [-0.2, 0) is 0 Å². The van der Waals surface area contributed by atoms with Gasteiger partial charge in [-0.1, -0.05) is 0 Å². The number of hydrogen-bond acceptors (Lipinski definition) is 3. The van der Waals surface area contributed by atoms with Gasteiger partial charge < -0.3 is 10.1 Å². The molecular weight excluding hydrogens is 192 g/mol. The number of benzene rings is 1. The zero-order valence-electron chi connectivity index (χ0n) is 8.65. The molecule has 0 spiro atoms. The smallest absolute Gasteiger partial charge is 0.410 e. The molecule has 0 saturated heterocycles. The molecule has 1 aromatic rings. The number of nitrogens with zero attached hydrogens (tertiary/aromatic N) is 1. The minimum Gasteiger partial charge on any atom is -0.410 e. The molecular formula is C11H12N2O2. The molecule has 15 heavy (non-hydrogen) atoms. The summed E-state index contributed by atoms with van der Waals surface area (Å²) in [7, 11) is 0. The van der Waals surface area contributed by atoms with Crippen molar-refractivity contribution in [3.63, 3.8) is 0 Å². The van der Waals surface area contributed by atoms with E-state index in [4.69, 9.17) is 10.00 Å². The van der Waals surface area contributed by atoms with Crippen LogP contribution in [0.15, 0.2) is 24.3 Å². The van der Waals surface area contributed by atoms with E-state index in [1.165, 1.54) is 0 Å². The van der Waals surface area contributed by atoms with E-state index in [2.05, 4.69) is 5.32 Å². The van der Waals surface area contributed by atoms with Crippen molar-refractivity contribution in [2.75, 3.05) is 0 Å². The second-order valence-electron chi connectivity index (χ2n) is 3.32. The van der Waals surface area contributed by atoms with Gasteiger partial charge in [0, 0.05) is 6.04 Å². The molecule has 0 heterocycles. The summed E-state index contributed by atoms with van der Waals surface area (Å²) in [6.45, 7) is 3.69. The van der Waals surface area contributed by atoms with Crippen LogP contribution in [0.1, 0.15) is 19.4 Å². The summed E-state index contributed by atoms with van der Waals surface area (Å²) in [6, 6.07) is 8.38. The minimum absolute atomic E-state index is 0.0379. The molecule has 1 rings (SSSR count). The van der Waals surface area contributed by atoms with Crippen molar-refractivity contribution in [3.8, 4) is 11.8 Å². The van der Waals surface area contributed by atoms with Crippen LogP contribution in [0.3, 0.4) is 0 Å². The molecule has 4 heteroatoms. The Balaban J connectivity index is 2.58. The first-order chi connectivity index (χ1) is 7.11. The summed E-state index contributed by atoms with van der Waals surface area (Å²) in [5.74, 6) is 0.423. The Hall–Kier alpha value is -2.02. The van der Waals surface area contributed by atoms with E-state index >= 15 is 0 Å². The van der Waals surface area contributed by atoms with Crippen molar-refractivity contribution in [2.45, 2.75) is 19.9 Å². The van der Waals surface area contributed by atoms with Crippen molar-refractivity contribution in [3.05, 3.63) is 29.8 Å².